The Balaban J connectivity index is 1.60. The highest BCUT2D eigenvalue weighted by Crippen LogP contribution is 2.27. The van der Waals surface area contributed by atoms with Crippen LogP contribution in [0.5, 0.6) is 0 Å². The van der Waals surface area contributed by atoms with Crippen LogP contribution in [0.2, 0.25) is 0 Å². The van der Waals surface area contributed by atoms with Gasteiger partial charge in [0.25, 0.3) is 0 Å². The van der Waals surface area contributed by atoms with Gasteiger partial charge in [-0.05, 0) is 25.3 Å². The monoisotopic (exact) mass is 329 g/mol. The summed E-state index contributed by atoms with van der Waals surface area (Å²) >= 11 is 1.43. The van der Waals surface area contributed by atoms with Gasteiger partial charge < -0.3 is 10.2 Å². The van der Waals surface area contributed by atoms with E-state index in [-0.39, 0.29) is 24.4 Å². The molecule has 5 nitrogen and oxygen atoms in total. The van der Waals surface area contributed by atoms with Crippen LogP contribution in [0.25, 0.3) is 0 Å². The van der Waals surface area contributed by atoms with E-state index in [4.69, 9.17) is 0 Å². The van der Waals surface area contributed by atoms with Crippen molar-refractivity contribution < 1.29 is 9.59 Å². The SMILES string of the molecule is Cc1cnc(NC(=O)CN(C(=O)Cc2ccccc2)C2CC2)s1. The van der Waals surface area contributed by atoms with Gasteiger partial charge in [-0.25, -0.2) is 4.98 Å². The van der Waals surface area contributed by atoms with Crippen LogP contribution in [0.3, 0.4) is 0 Å². The lowest BCUT2D eigenvalue weighted by Crippen LogP contribution is -2.40. The number of nitrogens with one attached hydrogen (secondary N) is 1. The number of hydrogen-bond acceptors (Lipinski definition) is 4. The Morgan fingerprint density at radius 2 is 2.04 bits per heavy atom. The zero-order chi connectivity index (χ0) is 16.2. The van der Waals surface area contributed by atoms with E-state index < -0.39 is 0 Å². The number of carbonyl (C=O) groups excluding carboxylic acids is 2. The molecule has 23 heavy (non-hydrogen) atoms. The fourth-order valence-electron chi connectivity index (χ4n) is 2.41. The number of anilines is 1. The van der Waals surface area contributed by atoms with Gasteiger partial charge in [0, 0.05) is 17.1 Å². The Morgan fingerprint density at radius 3 is 2.65 bits per heavy atom. The molecule has 1 aliphatic rings. The number of thiazole rings is 1. The Kier molecular flexibility index (Phi) is 4.71. The Morgan fingerprint density at radius 1 is 1.30 bits per heavy atom. The second-order valence-corrected chi connectivity index (χ2v) is 6.97. The third kappa shape index (κ3) is 4.39. The minimum Gasteiger partial charge on any atom is -0.330 e. The summed E-state index contributed by atoms with van der Waals surface area (Å²) in [6.07, 6.45) is 4.01. The van der Waals surface area contributed by atoms with Crippen LogP contribution in [0.15, 0.2) is 36.5 Å². The van der Waals surface area contributed by atoms with Crippen LogP contribution in [-0.2, 0) is 16.0 Å². The fourth-order valence-corrected chi connectivity index (χ4v) is 3.09. The molecular formula is C17H19N3O2S. The molecule has 0 bridgehead atoms. The molecule has 1 aliphatic carbocycles. The van der Waals surface area contributed by atoms with Crippen molar-refractivity contribution in [2.75, 3.05) is 11.9 Å². The van der Waals surface area contributed by atoms with E-state index in [1.807, 2.05) is 37.3 Å². The first kappa shape index (κ1) is 15.7. The maximum Gasteiger partial charge on any atom is 0.245 e. The molecule has 120 valence electrons. The molecule has 1 N–H and O–H groups in total. The second kappa shape index (κ2) is 6.91. The van der Waals surface area contributed by atoms with Gasteiger partial charge in [0.15, 0.2) is 5.13 Å². The number of rotatable bonds is 6. The topological polar surface area (TPSA) is 62.3 Å². The van der Waals surface area contributed by atoms with Crippen molar-refractivity contribution in [1.82, 2.24) is 9.88 Å². The first-order chi connectivity index (χ1) is 11.1. The van der Waals surface area contributed by atoms with Crippen molar-refractivity contribution >= 4 is 28.3 Å². The first-order valence-corrected chi connectivity index (χ1v) is 8.49. The molecule has 1 heterocycles. The van der Waals surface area contributed by atoms with Crippen LogP contribution >= 0.6 is 11.3 Å². The van der Waals surface area contributed by atoms with Crippen LogP contribution < -0.4 is 5.32 Å². The molecule has 0 radical (unpaired) electrons. The van der Waals surface area contributed by atoms with Gasteiger partial charge in [-0.15, -0.1) is 11.3 Å². The molecule has 3 rings (SSSR count). The van der Waals surface area contributed by atoms with Gasteiger partial charge in [0.05, 0.1) is 6.42 Å². The zero-order valence-electron chi connectivity index (χ0n) is 13.0. The molecule has 2 aromatic rings. The van der Waals surface area contributed by atoms with Gasteiger partial charge in [-0.3, -0.25) is 9.59 Å². The summed E-state index contributed by atoms with van der Waals surface area (Å²) in [6.45, 7) is 2.03. The van der Waals surface area contributed by atoms with E-state index >= 15 is 0 Å². The maximum absolute atomic E-state index is 12.5. The lowest BCUT2D eigenvalue weighted by atomic mass is 10.1. The lowest BCUT2D eigenvalue weighted by molar-refractivity contribution is -0.134. The predicted octanol–water partition coefficient (Wildman–Crippen LogP) is 2.62. The molecule has 0 unspecified atom stereocenters. The van der Waals surface area contributed by atoms with E-state index in [9.17, 15) is 9.59 Å². The van der Waals surface area contributed by atoms with E-state index in [2.05, 4.69) is 10.3 Å². The highest BCUT2D eigenvalue weighted by Gasteiger charge is 2.33. The molecule has 0 saturated heterocycles. The van der Waals surface area contributed by atoms with Crippen molar-refractivity contribution in [3.05, 3.63) is 47.0 Å². The maximum atomic E-state index is 12.5. The van der Waals surface area contributed by atoms with Crippen molar-refractivity contribution in [2.24, 2.45) is 0 Å². The molecule has 1 fully saturated rings. The third-order valence-corrected chi connectivity index (χ3v) is 4.52. The van der Waals surface area contributed by atoms with Gasteiger partial charge in [0.2, 0.25) is 11.8 Å². The van der Waals surface area contributed by atoms with E-state index in [1.54, 1.807) is 11.1 Å². The van der Waals surface area contributed by atoms with Gasteiger partial charge in [-0.1, -0.05) is 30.3 Å². The van der Waals surface area contributed by atoms with Crippen LogP contribution in [0.1, 0.15) is 23.3 Å². The average Bonchev–Trinajstić information content (AvgIpc) is 3.29. The fraction of sp³-hybridized carbons (Fsp3) is 0.353. The number of aromatic nitrogens is 1. The molecule has 2 amide bonds. The average molecular weight is 329 g/mol. The van der Waals surface area contributed by atoms with Gasteiger partial charge >= 0.3 is 0 Å². The van der Waals surface area contributed by atoms with Crippen LogP contribution in [-0.4, -0.2) is 34.3 Å². The number of nitrogens with zero attached hydrogens (tertiary/aromatic N) is 2. The zero-order valence-corrected chi connectivity index (χ0v) is 13.8. The molecule has 0 atom stereocenters. The molecule has 6 heteroatoms. The number of carbonyl (C=O) groups is 2. The van der Waals surface area contributed by atoms with E-state index in [0.717, 1.165) is 23.3 Å². The molecule has 1 aromatic heterocycles. The summed E-state index contributed by atoms with van der Waals surface area (Å²) in [5, 5.41) is 3.35. The smallest absolute Gasteiger partial charge is 0.245 e. The molecular weight excluding hydrogens is 310 g/mol. The highest BCUT2D eigenvalue weighted by atomic mass is 32.1. The van der Waals surface area contributed by atoms with Crippen molar-refractivity contribution in [3.8, 4) is 0 Å². The summed E-state index contributed by atoms with van der Waals surface area (Å²) < 4.78 is 0. The standard InChI is InChI=1S/C17H19N3O2S/c1-12-10-18-17(23-12)19-15(21)11-20(14-7-8-14)16(22)9-13-5-3-2-4-6-13/h2-6,10,14H,7-9,11H2,1H3,(H,18,19,21). The number of aryl methyl sites for hydroxylation is 1. The van der Waals surface area contributed by atoms with E-state index in [0.29, 0.717) is 11.6 Å². The predicted molar refractivity (Wildman–Crippen MR) is 90.4 cm³/mol. The number of benzene rings is 1. The van der Waals surface area contributed by atoms with Crippen molar-refractivity contribution in [3.63, 3.8) is 0 Å². The minimum atomic E-state index is -0.187. The Hall–Kier alpha value is -2.21. The van der Waals surface area contributed by atoms with Crippen LogP contribution in [0, 0.1) is 6.92 Å². The van der Waals surface area contributed by atoms with Crippen molar-refractivity contribution in [2.45, 2.75) is 32.2 Å². The summed E-state index contributed by atoms with van der Waals surface area (Å²) in [7, 11) is 0. The van der Waals surface area contributed by atoms with Gasteiger partial charge in [0.1, 0.15) is 6.54 Å². The summed E-state index contributed by atoms with van der Waals surface area (Å²) in [4.78, 5) is 31.6. The summed E-state index contributed by atoms with van der Waals surface area (Å²) in [6, 6.07) is 9.83. The lowest BCUT2D eigenvalue weighted by Gasteiger charge is -2.21. The Labute approximate surface area is 139 Å². The van der Waals surface area contributed by atoms with E-state index in [1.165, 1.54) is 11.3 Å². The third-order valence-electron chi connectivity index (χ3n) is 3.69. The highest BCUT2D eigenvalue weighted by molar-refractivity contribution is 7.15. The number of hydrogen-bond donors (Lipinski definition) is 1. The molecule has 1 aromatic carbocycles. The van der Waals surface area contributed by atoms with Gasteiger partial charge in [-0.2, -0.15) is 0 Å². The van der Waals surface area contributed by atoms with Crippen LogP contribution in [0.4, 0.5) is 5.13 Å². The van der Waals surface area contributed by atoms with Crippen molar-refractivity contribution in [1.29, 1.82) is 0 Å². The molecule has 0 spiro atoms. The number of amides is 2. The minimum absolute atomic E-state index is 0.00386. The quantitative estimate of drug-likeness (QED) is 0.886. The summed E-state index contributed by atoms with van der Waals surface area (Å²) in [5.41, 5.74) is 0.971. The molecule has 1 saturated carbocycles. The summed E-state index contributed by atoms with van der Waals surface area (Å²) in [5.74, 6) is -0.183. The first-order valence-electron chi connectivity index (χ1n) is 7.67. The molecule has 0 aliphatic heterocycles. The normalized spacial score (nSPS) is 13.6. The second-order valence-electron chi connectivity index (χ2n) is 5.74. The Bertz CT molecular complexity index is 695. The largest absolute Gasteiger partial charge is 0.330 e.